The molecule has 3 rings (SSSR count). The number of aliphatic hydroxyl groups is 1. The van der Waals surface area contributed by atoms with Gasteiger partial charge < -0.3 is 5.11 Å². The van der Waals surface area contributed by atoms with Crippen molar-refractivity contribution >= 4 is 22.8 Å². The molecule has 0 spiro atoms. The summed E-state index contributed by atoms with van der Waals surface area (Å²) < 4.78 is 3.13. The van der Waals surface area contributed by atoms with Gasteiger partial charge in [-0.3, -0.25) is 9.13 Å². The van der Waals surface area contributed by atoms with Crippen LogP contribution >= 0.6 is 11.6 Å². The van der Waals surface area contributed by atoms with E-state index in [0.29, 0.717) is 24.0 Å². The van der Waals surface area contributed by atoms with Gasteiger partial charge in [0.1, 0.15) is 5.52 Å². The number of hydrogen-bond donors (Lipinski definition) is 1. The van der Waals surface area contributed by atoms with E-state index in [1.807, 2.05) is 0 Å². The smallest absolute Gasteiger partial charge is 0.330 e. The number of halogens is 1. The van der Waals surface area contributed by atoms with E-state index in [9.17, 15) is 9.90 Å². The first kappa shape index (κ1) is 11.7. The molecule has 1 N–H and O–H groups in total. The Kier molecular flexibility index (Phi) is 2.64. The minimum Gasteiger partial charge on any atom is -0.393 e. The number of aryl methyl sites for hydroxylation is 1. The summed E-state index contributed by atoms with van der Waals surface area (Å²) in [6.45, 7) is 0. The fraction of sp³-hybridized carbons (Fsp3) is 0.545. The second kappa shape index (κ2) is 4.07. The number of aromatic nitrogens is 4. The molecule has 0 aromatic carbocycles. The van der Waals surface area contributed by atoms with Gasteiger partial charge in [0.05, 0.1) is 12.3 Å². The Morgan fingerprint density at radius 1 is 1.50 bits per heavy atom. The second-order valence-electron chi connectivity index (χ2n) is 4.68. The Bertz CT molecular complexity index is 663. The van der Waals surface area contributed by atoms with Crippen molar-refractivity contribution in [3.63, 3.8) is 0 Å². The van der Waals surface area contributed by atoms with Crippen molar-refractivity contribution in [2.45, 2.75) is 31.4 Å². The maximum absolute atomic E-state index is 12.2. The summed E-state index contributed by atoms with van der Waals surface area (Å²) >= 11 is 5.79. The molecule has 0 bridgehead atoms. The van der Waals surface area contributed by atoms with Gasteiger partial charge in [0.25, 0.3) is 0 Å². The van der Waals surface area contributed by atoms with Gasteiger partial charge in [-0.1, -0.05) is 0 Å². The molecule has 0 amide bonds. The Morgan fingerprint density at radius 2 is 2.28 bits per heavy atom. The number of aliphatic hydroxyl groups excluding tert-OH is 1. The molecule has 96 valence electrons. The molecule has 2 atom stereocenters. The van der Waals surface area contributed by atoms with Gasteiger partial charge in [-0.2, -0.15) is 4.98 Å². The van der Waals surface area contributed by atoms with Crippen molar-refractivity contribution < 1.29 is 5.11 Å². The van der Waals surface area contributed by atoms with Crippen molar-refractivity contribution in [1.82, 2.24) is 19.1 Å². The number of rotatable bonds is 1. The SMILES string of the molecule is Cn1c(=O)n(C2CCC(O)C2)c2nc(Cl)ncc21. The molecular weight excluding hydrogens is 256 g/mol. The van der Waals surface area contributed by atoms with Gasteiger partial charge in [-0.25, -0.2) is 9.78 Å². The average Bonchev–Trinajstić information content (AvgIpc) is 2.84. The van der Waals surface area contributed by atoms with Gasteiger partial charge in [0.15, 0.2) is 5.65 Å². The Labute approximate surface area is 108 Å². The zero-order chi connectivity index (χ0) is 12.9. The monoisotopic (exact) mass is 268 g/mol. The molecule has 1 fully saturated rings. The fourth-order valence-electron chi connectivity index (χ4n) is 2.61. The quantitative estimate of drug-likeness (QED) is 0.779. The Hall–Kier alpha value is -1.40. The predicted molar refractivity (Wildman–Crippen MR) is 66.7 cm³/mol. The van der Waals surface area contributed by atoms with Crippen LogP contribution in [0.3, 0.4) is 0 Å². The van der Waals surface area contributed by atoms with Crippen molar-refractivity contribution in [2.24, 2.45) is 7.05 Å². The number of nitrogens with zero attached hydrogens (tertiary/aromatic N) is 4. The zero-order valence-corrected chi connectivity index (χ0v) is 10.6. The van der Waals surface area contributed by atoms with Crippen molar-refractivity contribution in [1.29, 1.82) is 0 Å². The van der Waals surface area contributed by atoms with Gasteiger partial charge in [-0.15, -0.1) is 0 Å². The van der Waals surface area contributed by atoms with Crippen molar-refractivity contribution in [3.8, 4) is 0 Å². The van der Waals surface area contributed by atoms with Crippen LogP contribution in [-0.4, -0.2) is 30.3 Å². The summed E-state index contributed by atoms with van der Waals surface area (Å²) in [5, 5.41) is 9.73. The van der Waals surface area contributed by atoms with E-state index in [2.05, 4.69) is 9.97 Å². The summed E-state index contributed by atoms with van der Waals surface area (Å²) in [6, 6.07) is -0.0119. The molecule has 7 heteroatoms. The van der Waals surface area contributed by atoms with Crippen LogP contribution in [0.2, 0.25) is 5.28 Å². The molecule has 0 saturated heterocycles. The van der Waals surface area contributed by atoms with Crippen molar-refractivity contribution in [3.05, 3.63) is 22.0 Å². The predicted octanol–water partition coefficient (Wildman–Crippen LogP) is 0.869. The lowest BCUT2D eigenvalue weighted by atomic mass is 10.2. The standard InChI is InChI=1S/C11H13ClN4O2/c1-15-8-5-13-10(12)14-9(8)16(11(15)18)6-2-3-7(17)4-6/h5-7,17H,2-4H2,1H3. The van der Waals surface area contributed by atoms with Crippen LogP contribution in [0.4, 0.5) is 0 Å². The molecule has 0 radical (unpaired) electrons. The van der Waals surface area contributed by atoms with Crippen LogP contribution in [0.25, 0.3) is 11.2 Å². The molecule has 1 aliphatic rings. The van der Waals surface area contributed by atoms with Gasteiger partial charge in [-0.05, 0) is 30.9 Å². The molecular formula is C11H13ClN4O2. The summed E-state index contributed by atoms with van der Waals surface area (Å²) in [7, 11) is 1.68. The van der Waals surface area contributed by atoms with Crippen LogP contribution in [0, 0.1) is 0 Å². The molecule has 1 saturated carbocycles. The first-order chi connectivity index (χ1) is 8.58. The number of hydrogen-bond acceptors (Lipinski definition) is 4. The highest BCUT2D eigenvalue weighted by Crippen LogP contribution is 2.30. The molecule has 2 aromatic rings. The highest BCUT2D eigenvalue weighted by atomic mass is 35.5. The fourth-order valence-corrected chi connectivity index (χ4v) is 2.74. The topological polar surface area (TPSA) is 72.9 Å². The summed E-state index contributed by atoms with van der Waals surface area (Å²) in [4.78, 5) is 20.3. The van der Waals surface area contributed by atoms with Crippen LogP contribution in [0.15, 0.2) is 11.0 Å². The number of fused-ring (bicyclic) bond motifs is 1. The van der Waals surface area contributed by atoms with Gasteiger partial charge in [0.2, 0.25) is 5.28 Å². The zero-order valence-electron chi connectivity index (χ0n) is 9.88. The third-order valence-corrected chi connectivity index (χ3v) is 3.73. The molecule has 2 unspecified atom stereocenters. The molecule has 18 heavy (non-hydrogen) atoms. The Morgan fingerprint density at radius 3 is 2.94 bits per heavy atom. The lowest BCUT2D eigenvalue weighted by Gasteiger charge is -2.10. The first-order valence-corrected chi connectivity index (χ1v) is 6.23. The van der Waals surface area contributed by atoms with E-state index in [1.54, 1.807) is 17.8 Å². The molecule has 6 nitrogen and oxygen atoms in total. The maximum atomic E-state index is 12.2. The lowest BCUT2D eigenvalue weighted by molar-refractivity contribution is 0.178. The first-order valence-electron chi connectivity index (χ1n) is 5.85. The third-order valence-electron chi connectivity index (χ3n) is 3.55. The van der Waals surface area contributed by atoms with Gasteiger partial charge in [0, 0.05) is 13.1 Å². The molecule has 2 aromatic heterocycles. The number of imidazole rings is 1. The average molecular weight is 269 g/mol. The highest BCUT2D eigenvalue weighted by Gasteiger charge is 2.28. The van der Waals surface area contributed by atoms with E-state index in [0.717, 1.165) is 6.42 Å². The second-order valence-corrected chi connectivity index (χ2v) is 5.02. The van der Waals surface area contributed by atoms with Gasteiger partial charge >= 0.3 is 5.69 Å². The van der Waals surface area contributed by atoms with Crippen LogP contribution in [0.1, 0.15) is 25.3 Å². The largest absolute Gasteiger partial charge is 0.393 e. The summed E-state index contributed by atoms with van der Waals surface area (Å²) in [5.74, 6) is 0. The highest BCUT2D eigenvalue weighted by molar-refractivity contribution is 6.28. The Balaban J connectivity index is 2.24. The van der Waals surface area contributed by atoms with E-state index in [1.165, 1.54) is 4.57 Å². The maximum Gasteiger partial charge on any atom is 0.330 e. The van der Waals surface area contributed by atoms with E-state index in [4.69, 9.17) is 11.6 Å². The van der Waals surface area contributed by atoms with E-state index < -0.39 is 0 Å². The van der Waals surface area contributed by atoms with Crippen LogP contribution < -0.4 is 5.69 Å². The molecule has 2 heterocycles. The molecule has 0 aliphatic heterocycles. The minimum atomic E-state index is -0.338. The normalized spacial score (nSPS) is 23.9. The third kappa shape index (κ3) is 1.64. The van der Waals surface area contributed by atoms with E-state index >= 15 is 0 Å². The summed E-state index contributed by atoms with van der Waals surface area (Å²) in [5.41, 5.74) is 1.06. The minimum absolute atomic E-state index is 0.0119. The summed E-state index contributed by atoms with van der Waals surface area (Å²) in [6.07, 6.45) is 3.29. The van der Waals surface area contributed by atoms with Crippen molar-refractivity contribution in [2.75, 3.05) is 0 Å². The van der Waals surface area contributed by atoms with E-state index in [-0.39, 0.29) is 23.1 Å². The molecule has 1 aliphatic carbocycles. The van der Waals surface area contributed by atoms with Crippen LogP contribution in [0.5, 0.6) is 0 Å². The van der Waals surface area contributed by atoms with Crippen LogP contribution in [-0.2, 0) is 7.05 Å². The lowest BCUT2D eigenvalue weighted by Crippen LogP contribution is -2.25.